The van der Waals surface area contributed by atoms with Gasteiger partial charge >= 0.3 is 15.2 Å². The van der Waals surface area contributed by atoms with Crippen molar-refractivity contribution < 1.29 is 32.3 Å². The summed E-state index contributed by atoms with van der Waals surface area (Å²) in [7, 11) is -3.93. The van der Waals surface area contributed by atoms with Gasteiger partial charge in [0.15, 0.2) is 0 Å². The van der Waals surface area contributed by atoms with Gasteiger partial charge in [-0.2, -0.15) is 0 Å². The Balaban J connectivity index is 5.69. The Kier molecular flexibility index (Phi) is 5.83. The summed E-state index contributed by atoms with van der Waals surface area (Å²) >= 11 is 0. The summed E-state index contributed by atoms with van der Waals surface area (Å²) in [5, 5.41) is 7.73. The first-order valence-corrected chi connectivity index (χ1v) is 7.34. The van der Waals surface area contributed by atoms with Crippen LogP contribution < -0.4 is 0 Å². The van der Waals surface area contributed by atoms with Crippen LogP contribution in [0.5, 0.6) is 0 Å². The van der Waals surface area contributed by atoms with Crippen molar-refractivity contribution in [2.24, 2.45) is 0 Å². The number of hydrogen-bond acceptors (Lipinski definition) is 7. The lowest BCUT2D eigenvalue weighted by molar-refractivity contribution is 0.105. The van der Waals surface area contributed by atoms with Gasteiger partial charge in [-0.15, -0.1) is 0 Å². The molecule has 7 nitrogen and oxygen atoms in total. The average molecular weight is 275 g/mol. The van der Waals surface area contributed by atoms with E-state index in [2.05, 4.69) is 25.0 Å². The molecular weight excluding hydrogens is 258 g/mol. The van der Waals surface area contributed by atoms with E-state index in [1.165, 1.54) is 0 Å². The Hall–Kier alpha value is 0.260. The summed E-state index contributed by atoms with van der Waals surface area (Å²) in [5.41, 5.74) is 0. The van der Waals surface area contributed by atoms with Gasteiger partial charge in [0.1, 0.15) is 0 Å². The topological polar surface area (TPSA) is 91.3 Å². The highest BCUT2D eigenvalue weighted by atomic mass is 31.2. The highest BCUT2D eigenvalue weighted by Crippen LogP contribution is 2.76. The Morgan fingerprint density at radius 1 is 1.00 bits per heavy atom. The van der Waals surface area contributed by atoms with Gasteiger partial charge in [-0.1, -0.05) is 0 Å². The summed E-state index contributed by atoms with van der Waals surface area (Å²) in [5.74, 6) is 0. The van der Waals surface area contributed by atoms with Crippen molar-refractivity contribution >= 4 is 15.2 Å². The van der Waals surface area contributed by atoms with E-state index in [1.54, 1.807) is 0 Å². The van der Waals surface area contributed by atoms with Gasteiger partial charge in [-0.3, -0.25) is 9.13 Å². The second-order valence-electron chi connectivity index (χ2n) is 2.75. The maximum Gasteiger partial charge on any atom is 0.374 e. The van der Waals surface area contributed by atoms with Gasteiger partial charge in [-0.05, 0) is 13.3 Å². The van der Waals surface area contributed by atoms with Crippen molar-refractivity contribution in [3.63, 3.8) is 0 Å². The van der Waals surface area contributed by atoms with E-state index in [1.807, 2.05) is 0 Å². The maximum atomic E-state index is 12.1. The summed E-state index contributed by atoms with van der Waals surface area (Å²) in [4.78, 5) is 0. The molecule has 1 radical (unpaired) electrons. The number of aliphatic hydroxyl groups is 1. The molecule has 0 aromatic heterocycles. The Morgan fingerprint density at radius 3 is 1.38 bits per heavy atom. The van der Waals surface area contributed by atoms with Crippen molar-refractivity contribution in [2.45, 2.75) is 11.5 Å². The molecule has 0 saturated heterocycles. The van der Waals surface area contributed by atoms with Crippen molar-refractivity contribution in [3.8, 4) is 0 Å². The van der Waals surface area contributed by atoms with Crippen LogP contribution in [0.25, 0.3) is 0 Å². The normalized spacial score (nSPS) is 14.1. The fourth-order valence-corrected chi connectivity index (χ4v) is 5.35. The minimum Gasteiger partial charge on any atom is -0.368 e. The largest absolute Gasteiger partial charge is 0.374 e. The second kappa shape index (κ2) is 5.74. The summed E-state index contributed by atoms with van der Waals surface area (Å²) in [6, 6.07) is 0. The molecule has 0 heterocycles. The highest BCUT2D eigenvalue weighted by Gasteiger charge is 2.62. The molecule has 0 aliphatic heterocycles. The highest BCUT2D eigenvalue weighted by molar-refractivity contribution is 7.73. The standard InChI is InChI=1S/C7H17O7P2/c1-6-7(8,15(9,11-2)12-3)16(10,13-4)14-5/h8H,1,6H2,2-5H3. The fourth-order valence-electron chi connectivity index (χ4n) is 1.16. The van der Waals surface area contributed by atoms with Crippen molar-refractivity contribution in [1.82, 2.24) is 0 Å². The smallest absolute Gasteiger partial charge is 0.368 e. The third kappa shape index (κ3) is 2.27. The van der Waals surface area contributed by atoms with Crippen LogP contribution in [0.4, 0.5) is 0 Å². The first kappa shape index (κ1) is 16.3. The lowest BCUT2D eigenvalue weighted by Crippen LogP contribution is -2.30. The van der Waals surface area contributed by atoms with Gasteiger partial charge in [0.25, 0.3) is 5.08 Å². The molecule has 0 unspecified atom stereocenters. The average Bonchev–Trinajstić information content (AvgIpc) is 2.35. The molecule has 9 heteroatoms. The van der Waals surface area contributed by atoms with E-state index in [0.717, 1.165) is 28.4 Å². The molecule has 0 aliphatic carbocycles. The van der Waals surface area contributed by atoms with Crippen LogP contribution in [0.2, 0.25) is 0 Å². The molecule has 1 N–H and O–H groups in total. The molecule has 0 fully saturated rings. The van der Waals surface area contributed by atoms with E-state index in [9.17, 15) is 14.2 Å². The van der Waals surface area contributed by atoms with E-state index >= 15 is 0 Å². The van der Waals surface area contributed by atoms with Crippen molar-refractivity contribution in [1.29, 1.82) is 0 Å². The van der Waals surface area contributed by atoms with E-state index in [4.69, 9.17) is 0 Å². The first-order valence-electron chi connectivity index (χ1n) is 4.25. The van der Waals surface area contributed by atoms with Gasteiger partial charge in [0.2, 0.25) is 0 Å². The maximum absolute atomic E-state index is 12.1. The van der Waals surface area contributed by atoms with Gasteiger partial charge < -0.3 is 23.2 Å². The molecule has 0 amide bonds. The van der Waals surface area contributed by atoms with Crippen LogP contribution >= 0.6 is 15.2 Å². The SMILES string of the molecule is [CH2]CC(O)(P(=O)(OC)OC)P(=O)(OC)OC. The third-order valence-electron chi connectivity index (χ3n) is 2.17. The Morgan fingerprint density at radius 2 is 1.25 bits per heavy atom. The minimum absolute atomic E-state index is 0.426. The van der Waals surface area contributed by atoms with Gasteiger partial charge in [-0.25, -0.2) is 0 Å². The molecule has 0 rings (SSSR count). The van der Waals surface area contributed by atoms with Crippen LogP contribution in [0.15, 0.2) is 0 Å². The molecule has 0 bridgehead atoms. The summed E-state index contributed by atoms with van der Waals surface area (Å²) in [6.45, 7) is 3.37. The molecule has 97 valence electrons. The second-order valence-corrected chi connectivity index (χ2v) is 8.03. The predicted octanol–water partition coefficient (Wildman–Crippen LogP) is 1.83. The lowest BCUT2D eigenvalue weighted by atomic mass is 10.5. The zero-order valence-electron chi connectivity index (χ0n) is 9.71. The van der Waals surface area contributed by atoms with Gasteiger partial charge in [0.05, 0.1) is 0 Å². The quantitative estimate of drug-likeness (QED) is 0.708. The third-order valence-corrected chi connectivity index (χ3v) is 7.77. The minimum atomic E-state index is -4.08. The lowest BCUT2D eigenvalue weighted by Gasteiger charge is -2.35. The predicted molar refractivity (Wildman–Crippen MR) is 58.2 cm³/mol. The first-order chi connectivity index (χ1) is 7.30. The Bertz CT molecular complexity index is 274. The molecule has 0 atom stereocenters. The van der Waals surface area contributed by atoms with Crippen LogP contribution in [0, 0.1) is 6.92 Å². The molecule has 0 saturated carbocycles. The van der Waals surface area contributed by atoms with Crippen LogP contribution in [-0.2, 0) is 27.2 Å². The van der Waals surface area contributed by atoms with Crippen LogP contribution in [0.1, 0.15) is 6.42 Å². The Labute approximate surface area is 95.1 Å². The van der Waals surface area contributed by atoms with E-state index in [0.29, 0.717) is 0 Å². The molecular formula is C7H17O7P2. The van der Waals surface area contributed by atoms with Gasteiger partial charge in [0, 0.05) is 28.4 Å². The molecule has 0 aromatic carbocycles. The molecule has 16 heavy (non-hydrogen) atoms. The monoisotopic (exact) mass is 275 g/mol. The number of rotatable bonds is 7. The van der Waals surface area contributed by atoms with Crippen LogP contribution in [0.3, 0.4) is 0 Å². The van der Waals surface area contributed by atoms with E-state index < -0.39 is 26.7 Å². The van der Waals surface area contributed by atoms with Crippen molar-refractivity contribution in [3.05, 3.63) is 6.92 Å². The summed E-state index contributed by atoms with van der Waals surface area (Å²) < 4.78 is 42.6. The van der Waals surface area contributed by atoms with Crippen LogP contribution in [-0.4, -0.2) is 38.6 Å². The summed E-state index contributed by atoms with van der Waals surface area (Å²) in [6.07, 6.45) is -0.426. The van der Waals surface area contributed by atoms with E-state index in [-0.39, 0.29) is 0 Å². The molecule has 0 aliphatic rings. The molecule has 0 spiro atoms. The molecule has 0 aromatic rings. The fraction of sp³-hybridized carbons (Fsp3) is 0.857. The zero-order chi connectivity index (χ0) is 13.0. The number of hydrogen-bond donors (Lipinski definition) is 1. The van der Waals surface area contributed by atoms with Crippen molar-refractivity contribution in [2.75, 3.05) is 28.4 Å². The zero-order valence-corrected chi connectivity index (χ0v) is 11.5.